The van der Waals surface area contributed by atoms with E-state index in [0.717, 1.165) is 32.1 Å². The molecular weight excluding hydrogens is 440 g/mol. The Labute approximate surface area is 209 Å². The van der Waals surface area contributed by atoms with Gasteiger partial charge in [0.1, 0.15) is 6.10 Å². The first-order chi connectivity index (χ1) is 16.5. The predicted molar refractivity (Wildman–Crippen MR) is 134 cm³/mol. The molecule has 2 spiro atoms. The summed E-state index contributed by atoms with van der Waals surface area (Å²) in [6, 6.07) is 0. The minimum Gasteiger partial charge on any atom is -0.462 e. The molecule has 0 bridgehead atoms. The van der Waals surface area contributed by atoms with Gasteiger partial charge in [-0.3, -0.25) is 9.59 Å². The number of fused-ring (bicyclic) bond motifs is 2. The van der Waals surface area contributed by atoms with Crippen molar-refractivity contribution in [2.45, 2.75) is 84.3 Å². The third-order valence-electron chi connectivity index (χ3n) is 11.4. The van der Waals surface area contributed by atoms with Crippen molar-refractivity contribution in [2.75, 3.05) is 6.61 Å². The average Bonchev–Trinajstić information content (AvgIpc) is 3.38. The Hall–Kier alpha value is -1.72. The lowest BCUT2D eigenvalue weighted by Gasteiger charge is -2.55. The monoisotopic (exact) mass is 482 g/mol. The number of esters is 1. The van der Waals surface area contributed by atoms with Crippen LogP contribution in [0.3, 0.4) is 0 Å². The molecule has 2 N–H and O–H groups in total. The van der Waals surface area contributed by atoms with Crippen LogP contribution in [0.15, 0.2) is 36.5 Å². The van der Waals surface area contributed by atoms with Crippen molar-refractivity contribution in [3.05, 3.63) is 36.5 Å². The lowest BCUT2D eigenvalue weighted by atomic mass is 9.49. The quantitative estimate of drug-likeness (QED) is 0.403. The van der Waals surface area contributed by atoms with Crippen molar-refractivity contribution < 1.29 is 24.5 Å². The summed E-state index contributed by atoms with van der Waals surface area (Å²) in [5, 5.41) is 20.7. The van der Waals surface area contributed by atoms with E-state index >= 15 is 0 Å². The number of carbonyl (C=O) groups excluding carboxylic acids is 2. The maximum absolute atomic E-state index is 12.2. The van der Waals surface area contributed by atoms with Gasteiger partial charge in [-0.25, -0.2) is 0 Å². The van der Waals surface area contributed by atoms with E-state index in [1.165, 1.54) is 13.3 Å². The Bertz CT molecular complexity index is 981. The van der Waals surface area contributed by atoms with Crippen LogP contribution in [0.4, 0.5) is 0 Å². The summed E-state index contributed by atoms with van der Waals surface area (Å²) in [5.41, 5.74) is 1.69. The second-order valence-electron chi connectivity index (χ2n) is 12.7. The third kappa shape index (κ3) is 3.48. The number of hydrogen-bond donors (Lipinski definition) is 2. The summed E-state index contributed by atoms with van der Waals surface area (Å²) in [6.45, 7) is 14.0. The molecule has 5 aliphatic carbocycles. The largest absolute Gasteiger partial charge is 0.462 e. The van der Waals surface area contributed by atoms with E-state index in [-0.39, 0.29) is 52.5 Å². The first kappa shape index (κ1) is 25.0. The molecular formula is C30H42O5. The average molecular weight is 483 g/mol. The zero-order valence-corrected chi connectivity index (χ0v) is 21.6. The first-order valence-corrected chi connectivity index (χ1v) is 13.6. The fourth-order valence-electron chi connectivity index (χ4n) is 9.81. The van der Waals surface area contributed by atoms with Crippen LogP contribution in [-0.2, 0) is 14.3 Å². The summed E-state index contributed by atoms with van der Waals surface area (Å²) in [7, 11) is 0. The molecule has 4 fully saturated rings. The van der Waals surface area contributed by atoms with Crippen LogP contribution in [0, 0.1) is 45.8 Å². The molecule has 0 amide bonds. The van der Waals surface area contributed by atoms with E-state index in [9.17, 15) is 19.8 Å². The molecule has 0 saturated heterocycles. The summed E-state index contributed by atoms with van der Waals surface area (Å²) < 4.78 is 5.98. The number of ether oxygens (including phenoxy) is 1. The predicted octanol–water partition coefficient (Wildman–Crippen LogP) is 4.78. The van der Waals surface area contributed by atoms with Crippen molar-refractivity contribution in [1.82, 2.24) is 0 Å². The molecule has 0 aromatic rings. The van der Waals surface area contributed by atoms with Gasteiger partial charge < -0.3 is 14.9 Å². The molecule has 0 aromatic carbocycles. The Morgan fingerprint density at radius 2 is 2.00 bits per heavy atom. The van der Waals surface area contributed by atoms with Crippen LogP contribution in [0.5, 0.6) is 0 Å². The van der Waals surface area contributed by atoms with Crippen LogP contribution in [0.1, 0.15) is 72.1 Å². The summed E-state index contributed by atoms with van der Waals surface area (Å²) in [5.74, 6) is 1.38. The number of carbonyl (C=O) groups is 2. The summed E-state index contributed by atoms with van der Waals surface area (Å²) >= 11 is 0. The van der Waals surface area contributed by atoms with Crippen molar-refractivity contribution >= 4 is 11.8 Å². The molecule has 35 heavy (non-hydrogen) atoms. The molecule has 0 aromatic heterocycles. The Kier molecular flexibility index (Phi) is 6.00. The van der Waals surface area contributed by atoms with Gasteiger partial charge in [-0.15, -0.1) is 0 Å². The molecule has 5 rings (SSSR count). The zero-order chi connectivity index (χ0) is 25.3. The zero-order valence-electron chi connectivity index (χ0n) is 21.6. The fourth-order valence-corrected chi connectivity index (χ4v) is 9.81. The van der Waals surface area contributed by atoms with Gasteiger partial charge in [-0.05, 0) is 102 Å². The lowest BCUT2D eigenvalue weighted by Crippen LogP contribution is -2.50. The van der Waals surface area contributed by atoms with Crippen molar-refractivity contribution in [2.24, 2.45) is 45.8 Å². The van der Waals surface area contributed by atoms with Crippen molar-refractivity contribution in [1.29, 1.82) is 0 Å². The molecule has 10 unspecified atom stereocenters. The van der Waals surface area contributed by atoms with E-state index in [1.54, 1.807) is 0 Å². The highest BCUT2D eigenvalue weighted by Crippen LogP contribution is 2.84. The van der Waals surface area contributed by atoms with Crippen molar-refractivity contribution in [3.63, 3.8) is 0 Å². The molecule has 0 heterocycles. The third-order valence-corrected chi connectivity index (χ3v) is 11.4. The Morgan fingerprint density at radius 1 is 1.26 bits per heavy atom. The van der Waals surface area contributed by atoms with E-state index in [4.69, 9.17) is 4.74 Å². The molecule has 5 aliphatic rings. The minimum absolute atomic E-state index is 0.0230. The standard InChI is InChI=1S/C30H42O5/c1-17(9-13-31)18(2)27(34)19(3)26-25(35-20(4)32)15-24-23-7-6-21-14-22(33)8-10-29(21)16-30(23,29)12-11-28(24,26)5/h8,10,19,21,23-27,31,34H,1-2,6-7,9,11-16H2,3-5H3. The van der Waals surface area contributed by atoms with Crippen LogP contribution in [-0.4, -0.2) is 40.8 Å². The maximum atomic E-state index is 12.2. The number of rotatable bonds is 7. The van der Waals surface area contributed by atoms with Gasteiger partial charge in [0.25, 0.3) is 0 Å². The summed E-state index contributed by atoms with van der Waals surface area (Å²) in [6.07, 6.45) is 10.7. The SMILES string of the molecule is C=C(CCO)C(=C)C(O)C(C)C1C(OC(C)=O)CC2C3CCC4CC(=O)C=CC45CC35CCC21C. The minimum atomic E-state index is -0.793. The Morgan fingerprint density at radius 3 is 2.69 bits per heavy atom. The number of allylic oxidation sites excluding steroid dienone is 2. The maximum Gasteiger partial charge on any atom is 0.302 e. The smallest absolute Gasteiger partial charge is 0.302 e. The highest BCUT2D eigenvalue weighted by molar-refractivity contribution is 5.91. The number of aliphatic hydroxyl groups excluding tert-OH is 2. The number of ketones is 1. The molecule has 5 nitrogen and oxygen atoms in total. The lowest BCUT2D eigenvalue weighted by molar-refractivity contribution is -0.151. The second kappa shape index (κ2) is 8.41. The second-order valence-corrected chi connectivity index (χ2v) is 12.7. The van der Waals surface area contributed by atoms with E-state index in [0.29, 0.717) is 41.7 Å². The number of hydrogen-bond acceptors (Lipinski definition) is 5. The molecule has 4 saturated carbocycles. The van der Waals surface area contributed by atoms with E-state index < -0.39 is 6.10 Å². The van der Waals surface area contributed by atoms with Crippen molar-refractivity contribution in [3.8, 4) is 0 Å². The first-order valence-electron chi connectivity index (χ1n) is 13.6. The molecule has 192 valence electrons. The molecule has 10 atom stereocenters. The number of aliphatic hydroxyl groups is 2. The van der Waals surface area contributed by atoms with E-state index in [1.807, 2.05) is 6.08 Å². The van der Waals surface area contributed by atoms with Crippen LogP contribution in [0.2, 0.25) is 0 Å². The van der Waals surface area contributed by atoms with Gasteiger partial charge in [-0.1, -0.05) is 33.1 Å². The van der Waals surface area contributed by atoms with Gasteiger partial charge in [0.2, 0.25) is 0 Å². The van der Waals surface area contributed by atoms with Gasteiger partial charge in [-0.2, -0.15) is 0 Å². The van der Waals surface area contributed by atoms with Crippen LogP contribution < -0.4 is 0 Å². The fraction of sp³-hybridized carbons (Fsp3) is 0.733. The van der Waals surface area contributed by atoms with Gasteiger partial charge in [0.15, 0.2) is 5.78 Å². The highest BCUT2D eigenvalue weighted by atomic mass is 16.5. The van der Waals surface area contributed by atoms with Crippen LogP contribution in [0.25, 0.3) is 0 Å². The highest BCUT2D eigenvalue weighted by Gasteiger charge is 2.78. The van der Waals surface area contributed by atoms with Crippen LogP contribution >= 0.6 is 0 Å². The Balaban J connectivity index is 1.45. The molecule has 0 radical (unpaired) electrons. The van der Waals surface area contributed by atoms with Gasteiger partial charge in [0.05, 0.1) is 6.10 Å². The van der Waals surface area contributed by atoms with Gasteiger partial charge in [0, 0.05) is 25.9 Å². The van der Waals surface area contributed by atoms with E-state index in [2.05, 4.69) is 33.1 Å². The summed E-state index contributed by atoms with van der Waals surface area (Å²) in [4.78, 5) is 24.3. The van der Waals surface area contributed by atoms with Gasteiger partial charge >= 0.3 is 5.97 Å². The molecule has 5 heteroatoms. The topological polar surface area (TPSA) is 83.8 Å². The normalized spacial score (nSPS) is 44.8. The molecule has 0 aliphatic heterocycles.